The summed E-state index contributed by atoms with van der Waals surface area (Å²) in [5, 5.41) is 3.61. The van der Waals surface area contributed by atoms with E-state index in [0.717, 1.165) is 17.5 Å². The minimum absolute atomic E-state index is 0.149. The summed E-state index contributed by atoms with van der Waals surface area (Å²) in [7, 11) is 0. The van der Waals surface area contributed by atoms with Crippen molar-refractivity contribution in [1.82, 2.24) is 10.2 Å². The van der Waals surface area contributed by atoms with Gasteiger partial charge in [0, 0.05) is 38.1 Å². The summed E-state index contributed by atoms with van der Waals surface area (Å²) in [5.74, 6) is -0.309. The van der Waals surface area contributed by atoms with E-state index in [2.05, 4.69) is 5.32 Å². The summed E-state index contributed by atoms with van der Waals surface area (Å²) in [5.41, 5.74) is 1.92. The molecule has 2 aromatic carbocycles. The zero-order chi connectivity index (χ0) is 21.9. The first-order valence-electron chi connectivity index (χ1n) is 10.3. The normalized spacial score (nSPS) is 11.9. The van der Waals surface area contributed by atoms with Gasteiger partial charge in [-0.05, 0) is 43.5 Å². The van der Waals surface area contributed by atoms with Crippen LogP contribution in [0.1, 0.15) is 38.3 Å². The number of carbonyl (C=O) groups is 2. The van der Waals surface area contributed by atoms with Crippen LogP contribution in [0.3, 0.4) is 0 Å². The van der Waals surface area contributed by atoms with Crippen molar-refractivity contribution in [3.63, 3.8) is 0 Å². The Morgan fingerprint density at radius 1 is 1.03 bits per heavy atom. The first-order chi connectivity index (χ1) is 14.4. The van der Waals surface area contributed by atoms with E-state index in [9.17, 15) is 9.59 Å². The molecule has 2 amide bonds. The summed E-state index contributed by atoms with van der Waals surface area (Å²) in [6, 6.07) is 16.5. The highest BCUT2D eigenvalue weighted by Crippen LogP contribution is 2.16. The van der Waals surface area contributed by atoms with Crippen LogP contribution < -0.4 is 5.32 Å². The second-order valence-corrected chi connectivity index (χ2v) is 7.98. The average Bonchev–Trinajstić information content (AvgIpc) is 2.72. The van der Waals surface area contributed by atoms with Gasteiger partial charge in [-0.25, -0.2) is 0 Å². The van der Waals surface area contributed by atoms with Gasteiger partial charge in [-0.1, -0.05) is 54.1 Å². The third-order valence-corrected chi connectivity index (χ3v) is 4.94. The number of hydrogen-bond acceptors (Lipinski definition) is 3. The summed E-state index contributed by atoms with van der Waals surface area (Å²) in [4.78, 5) is 27.2. The van der Waals surface area contributed by atoms with E-state index in [4.69, 9.17) is 16.3 Å². The second kappa shape index (κ2) is 12.4. The minimum atomic E-state index is -0.605. The number of carbonyl (C=O) groups excluding carboxylic acids is 2. The molecule has 0 bridgehead atoms. The zero-order valence-corrected chi connectivity index (χ0v) is 18.7. The largest absolute Gasteiger partial charge is 0.379 e. The lowest BCUT2D eigenvalue weighted by molar-refractivity contribution is -0.139. The molecule has 0 fully saturated rings. The van der Waals surface area contributed by atoms with Crippen LogP contribution in [-0.4, -0.2) is 42.0 Å². The van der Waals surface area contributed by atoms with Gasteiger partial charge in [0.15, 0.2) is 0 Å². The second-order valence-electron chi connectivity index (χ2n) is 7.54. The van der Waals surface area contributed by atoms with E-state index < -0.39 is 6.04 Å². The molecule has 0 saturated carbocycles. The molecule has 0 unspecified atom stereocenters. The number of halogens is 1. The van der Waals surface area contributed by atoms with Gasteiger partial charge in [0.05, 0.1) is 6.10 Å². The van der Waals surface area contributed by atoms with E-state index in [-0.39, 0.29) is 17.9 Å². The van der Waals surface area contributed by atoms with Crippen molar-refractivity contribution in [3.8, 4) is 0 Å². The summed E-state index contributed by atoms with van der Waals surface area (Å²) in [6.45, 7) is 6.89. The van der Waals surface area contributed by atoms with Crippen molar-refractivity contribution in [3.05, 3.63) is 70.7 Å². The number of benzene rings is 2. The van der Waals surface area contributed by atoms with Crippen LogP contribution in [0, 0.1) is 0 Å². The van der Waals surface area contributed by atoms with Crippen molar-refractivity contribution in [1.29, 1.82) is 0 Å². The number of ether oxygens (including phenoxy) is 1. The summed E-state index contributed by atoms with van der Waals surface area (Å²) in [6.07, 6.45) is 1.33. The van der Waals surface area contributed by atoms with Crippen LogP contribution in [0.2, 0.25) is 5.02 Å². The fraction of sp³-hybridized carbons (Fsp3) is 0.417. The van der Waals surface area contributed by atoms with Crippen molar-refractivity contribution < 1.29 is 14.3 Å². The minimum Gasteiger partial charge on any atom is -0.379 e. The topological polar surface area (TPSA) is 58.6 Å². The Morgan fingerprint density at radius 3 is 2.30 bits per heavy atom. The highest BCUT2D eigenvalue weighted by molar-refractivity contribution is 6.30. The Balaban J connectivity index is 2.13. The molecule has 2 aromatic rings. The van der Waals surface area contributed by atoms with Crippen LogP contribution in [0.25, 0.3) is 0 Å². The standard InChI is InChI=1S/C24H31ClN2O3/c1-18(2)30-15-7-14-26-24(29)23(16-20-8-5-4-6-9-20)27(19(3)28)17-21-10-12-22(25)13-11-21/h4-6,8-13,18,23H,7,14-17H2,1-3H3,(H,26,29)/t23-/m1/s1. The molecule has 0 spiro atoms. The first kappa shape index (κ1) is 23.9. The van der Waals surface area contributed by atoms with Gasteiger partial charge in [-0.2, -0.15) is 0 Å². The predicted octanol–water partition coefficient (Wildman–Crippen LogP) is 4.23. The molecular formula is C24H31ClN2O3. The van der Waals surface area contributed by atoms with Crippen LogP contribution in [0.5, 0.6) is 0 Å². The number of amides is 2. The quantitative estimate of drug-likeness (QED) is 0.542. The van der Waals surface area contributed by atoms with Gasteiger partial charge < -0.3 is 15.0 Å². The van der Waals surface area contributed by atoms with Gasteiger partial charge in [0.1, 0.15) is 6.04 Å². The summed E-state index contributed by atoms with van der Waals surface area (Å²) < 4.78 is 5.53. The van der Waals surface area contributed by atoms with Crippen molar-refractivity contribution in [2.45, 2.75) is 52.3 Å². The average molecular weight is 431 g/mol. The lowest BCUT2D eigenvalue weighted by atomic mass is 10.0. The highest BCUT2D eigenvalue weighted by Gasteiger charge is 2.28. The first-order valence-corrected chi connectivity index (χ1v) is 10.7. The highest BCUT2D eigenvalue weighted by atomic mass is 35.5. The van der Waals surface area contributed by atoms with E-state index in [1.807, 2.05) is 56.3 Å². The number of rotatable bonds is 11. The van der Waals surface area contributed by atoms with Crippen LogP contribution in [0.4, 0.5) is 0 Å². The molecule has 162 valence electrons. The van der Waals surface area contributed by atoms with Gasteiger partial charge in [-0.3, -0.25) is 9.59 Å². The molecule has 0 radical (unpaired) electrons. The van der Waals surface area contributed by atoms with E-state index >= 15 is 0 Å². The molecule has 0 aliphatic carbocycles. The molecule has 0 saturated heterocycles. The molecule has 5 nitrogen and oxygen atoms in total. The van der Waals surface area contributed by atoms with Crippen LogP contribution in [0.15, 0.2) is 54.6 Å². The van der Waals surface area contributed by atoms with E-state index in [0.29, 0.717) is 31.1 Å². The molecular weight excluding hydrogens is 400 g/mol. The van der Waals surface area contributed by atoms with Crippen LogP contribution >= 0.6 is 11.6 Å². The Hall–Kier alpha value is -2.37. The Labute approximate surface area is 184 Å². The van der Waals surface area contributed by atoms with Gasteiger partial charge in [0.25, 0.3) is 0 Å². The molecule has 0 heterocycles. The Kier molecular flexibility index (Phi) is 9.84. The third-order valence-electron chi connectivity index (χ3n) is 4.69. The van der Waals surface area contributed by atoms with Crippen molar-refractivity contribution in [2.75, 3.05) is 13.2 Å². The SMILES string of the molecule is CC(=O)N(Cc1ccc(Cl)cc1)[C@H](Cc1ccccc1)C(=O)NCCCOC(C)C. The molecule has 1 N–H and O–H groups in total. The summed E-state index contributed by atoms with van der Waals surface area (Å²) >= 11 is 5.98. The molecule has 2 rings (SSSR count). The fourth-order valence-electron chi connectivity index (χ4n) is 3.13. The zero-order valence-electron chi connectivity index (χ0n) is 17.9. The van der Waals surface area contributed by atoms with Crippen LogP contribution in [-0.2, 0) is 27.3 Å². The molecule has 1 atom stereocenters. The van der Waals surface area contributed by atoms with E-state index in [1.165, 1.54) is 6.92 Å². The molecule has 30 heavy (non-hydrogen) atoms. The predicted molar refractivity (Wildman–Crippen MR) is 120 cm³/mol. The van der Waals surface area contributed by atoms with Crippen molar-refractivity contribution in [2.24, 2.45) is 0 Å². The smallest absolute Gasteiger partial charge is 0.243 e. The maximum atomic E-state index is 13.1. The lowest BCUT2D eigenvalue weighted by Crippen LogP contribution is -2.50. The number of nitrogens with zero attached hydrogens (tertiary/aromatic N) is 1. The Bertz CT molecular complexity index is 794. The van der Waals surface area contributed by atoms with Gasteiger partial charge in [-0.15, -0.1) is 0 Å². The maximum absolute atomic E-state index is 13.1. The number of hydrogen-bond donors (Lipinski definition) is 1. The molecule has 0 aliphatic rings. The third kappa shape index (κ3) is 8.17. The fourth-order valence-corrected chi connectivity index (χ4v) is 3.26. The van der Waals surface area contributed by atoms with Gasteiger partial charge in [0.2, 0.25) is 11.8 Å². The number of nitrogens with one attached hydrogen (secondary N) is 1. The molecule has 0 aromatic heterocycles. The molecule has 6 heteroatoms. The monoisotopic (exact) mass is 430 g/mol. The van der Waals surface area contributed by atoms with Crippen molar-refractivity contribution >= 4 is 23.4 Å². The maximum Gasteiger partial charge on any atom is 0.243 e. The molecule has 0 aliphatic heterocycles. The van der Waals surface area contributed by atoms with Gasteiger partial charge >= 0.3 is 0 Å². The Morgan fingerprint density at radius 2 is 1.70 bits per heavy atom. The lowest BCUT2D eigenvalue weighted by Gasteiger charge is -2.30. The van der Waals surface area contributed by atoms with E-state index in [1.54, 1.807) is 17.0 Å².